The van der Waals surface area contributed by atoms with E-state index in [-0.39, 0.29) is 11.7 Å². The SMILES string of the molecule is Cc1cccc(-c2nc(NC(=O)C(C)Oc3ccccc3F)no2)c1. The molecule has 128 valence electrons. The molecule has 25 heavy (non-hydrogen) atoms. The normalized spacial score (nSPS) is 11.8. The van der Waals surface area contributed by atoms with Gasteiger partial charge < -0.3 is 9.26 Å². The molecule has 3 aromatic rings. The van der Waals surface area contributed by atoms with Crippen LogP contribution in [0.25, 0.3) is 11.5 Å². The van der Waals surface area contributed by atoms with Gasteiger partial charge in [-0.3, -0.25) is 10.1 Å². The Labute approximate surface area is 143 Å². The molecule has 1 aromatic heterocycles. The minimum Gasteiger partial charge on any atom is -0.478 e. The summed E-state index contributed by atoms with van der Waals surface area (Å²) in [5.74, 6) is -0.742. The van der Waals surface area contributed by atoms with E-state index in [1.54, 1.807) is 12.1 Å². The number of hydrogen-bond acceptors (Lipinski definition) is 5. The minimum atomic E-state index is -0.933. The monoisotopic (exact) mass is 341 g/mol. The van der Waals surface area contributed by atoms with E-state index in [1.807, 2.05) is 31.2 Å². The second kappa shape index (κ2) is 7.12. The van der Waals surface area contributed by atoms with Crippen LogP contribution < -0.4 is 10.1 Å². The van der Waals surface area contributed by atoms with Crippen LogP contribution in [0.4, 0.5) is 10.3 Å². The highest BCUT2D eigenvalue weighted by atomic mass is 19.1. The van der Waals surface area contributed by atoms with Gasteiger partial charge in [-0.1, -0.05) is 29.8 Å². The lowest BCUT2D eigenvalue weighted by atomic mass is 10.1. The van der Waals surface area contributed by atoms with Gasteiger partial charge in [0.25, 0.3) is 17.7 Å². The van der Waals surface area contributed by atoms with E-state index in [0.717, 1.165) is 11.1 Å². The van der Waals surface area contributed by atoms with Gasteiger partial charge in [-0.15, -0.1) is 0 Å². The summed E-state index contributed by atoms with van der Waals surface area (Å²) < 4.78 is 24.0. The molecule has 0 bridgehead atoms. The molecule has 1 unspecified atom stereocenters. The number of hydrogen-bond donors (Lipinski definition) is 1. The zero-order valence-electron chi connectivity index (χ0n) is 13.7. The average molecular weight is 341 g/mol. The molecule has 0 radical (unpaired) electrons. The maximum atomic E-state index is 13.6. The number of nitrogens with zero attached hydrogens (tertiary/aromatic N) is 2. The van der Waals surface area contributed by atoms with Crippen LogP contribution in [0.3, 0.4) is 0 Å². The molecule has 0 spiro atoms. The van der Waals surface area contributed by atoms with E-state index in [1.165, 1.54) is 19.1 Å². The van der Waals surface area contributed by atoms with Crippen LogP contribution in [-0.2, 0) is 4.79 Å². The third kappa shape index (κ3) is 4.00. The first-order valence-corrected chi connectivity index (χ1v) is 7.66. The van der Waals surface area contributed by atoms with E-state index in [9.17, 15) is 9.18 Å². The first-order valence-electron chi connectivity index (χ1n) is 7.66. The average Bonchev–Trinajstić information content (AvgIpc) is 3.05. The van der Waals surface area contributed by atoms with Crippen molar-refractivity contribution in [1.82, 2.24) is 10.1 Å². The second-order valence-electron chi connectivity index (χ2n) is 5.47. The standard InChI is InChI=1S/C18H16FN3O3/c1-11-6-5-7-13(10-11)17-21-18(22-25-17)20-16(23)12(2)24-15-9-4-3-8-14(15)19/h3-10,12H,1-2H3,(H,20,22,23). The number of halogens is 1. The Kier molecular flexibility index (Phi) is 4.74. The Bertz CT molecular complexity index is 895. The minimum absolute atomic E-state index is 0.00119. The smallest absolute Gasteiger partial charge is 0.270 e. The summed E-state index contributed by atoms with van der Waals surface area (Å²) in [4.78, 5) is 16.3. The largest absolute Gasteiger partial charge is 0.478 e. The van der Waals surface area contributed by atoms with Crippen molar-refractivity contribution in [3.8, 4) is 17.2 Å². The first-order chi connectivity index (χ1) is 12.0. The third-order valence-electron chi connectivity index (χ3n) is 3.44. The number of ether oxygens (including phenoxy) is 1. The Morgan fingerprint density at radius 1 is 1.24 bits per heavy atom. The molecule has 1 atom stereocenters. The van der Waals surface area contributed by atoms with Crippen molar-refractivity contribution in [2.45, 2.75) is 20.0 Å². The summed E-state index contributed by atoms with van der Waals surface area (Å²) >= 11 is 0. The van der Waals surface area contributed by atoms with Crippen LogP contribution in [-0.4, -0.2) is 22.2 Å². The fourth-order valence-corrected chi connectivity index (χ4v) is 2.17. The van der Waals surface area contributed by atoms with Gasteiger partial charge in [0.2, 0.25) is 0 Å². The predicted octanol–water partition coefficient (Wildman–Crippen LogP) is 3.59. The van der Waals surface area contributed by atoms with Gasteiger partial charge in [-0.25, -0.2) is 4.39 Å². The fourth-order valence-electron chi connectivity index (χ4n) is 2.17. The van der Waals surface area contributed by atoms with E-state index >= 15 is 0 Å². The van der Waals surface area contributed by atoms with Crippen LogP contribution in [0.1, 0.15) is 12.5 Å². The lowest BCUT2D eigenvalue weighted by molar-refractivity contribution is -0.122. The van der Waals surface area contributed by atoms with E-state index in [0.29, 0.717) is 5.89 Å². The summed E-state index contributed by atoms with van der Waals surface area (Å²) in [6, 6.07) is 13.4. The van der Waals surface area contributed by atoms with Crippen LogP contribution >= 0.6 is 0 Å². The van der Waals surface area contributed by atoms with Crippen molar-refractivity contribution in [3.05, 3.63) is 59.9 Å². The summed E-state index contributed by atoms with van der Waals surface area (Å²) in [6.45, 7) is 3.45. The summed E-state index contributed by atoms with van der Waals surface area (Å²) in [6.07, 6.45) is -0.933. The second-order valence-corrected chi connectivity index (χ2v) is 5.47. The number of para-hydroxylation sites is 1. The summed E-state index contributed by atoms with van der Waals surface area (Å²) in [5.41, 5.74) is 1.80. The summed E-state index contributed by atoms with van der Waals surface area (Å²) in [5, 5.41) is 6.21. The zero-order valence-corrected chi connectivity index (χ0v) is 13.7. The number of anilines is 1. The Balaban J connectivity index is 1.66. The molecule has 0 saturated heterocycles. The molecular formula is C18H16FN3O3. The summed E-state index contributed by atoms with van der Waals surface area (Å²) in [7, 11) is 0. The van der Waals surface area contributed by atoms with Gasteiger partial charge in [0.15, 0.2) is 17.7 Å². The van der Waals surface area contributed by atoms with Gasteiger partial charge in [0, 0.05) is 5.56 Å². The molecule has 0 aliphatic rings. The number of aryl methyl sites for hydroxylation is 1. The topological polar surface area (TPSA) is 77.2 Å². The number of aromatic nitrogens is 2. The molecule has 6 nitrogen and oxygen atoms in total. The first kappa shape index (κ1) is 16.6. The van der Waals surface area contributed by atoms with E-state index < -0.39 is 17.8 Å². The van der Waals surface area contributed by atoms with Crippen molar-refractivity contribution < 1.29 is 18.4 Å². The van der Waals surface area contributed by atoms with Crippen molar-refractivity contribution in [3.63, 3.8) is 0 Å². The van der Waals surface area contributed by atoms with Gasteiger partial charge in [-0.05, 0) is 43.3 Å². The van der Waals surface area contributed by atoms with Crippen LogP contribution in [0, 0.1) is 12.7 Å². The number of amides is 1. The fraction of sp³-hybridized carbons (Fsp3) is 0.167. The van der Waals surface area contributed by atoms with Gasteiger partial charge in [-0.2, -0.15) is 4.98 Å². The van der Waals surface area contributed by atoms with E-state index in [2.05, 4.69) is 15.5 Å². The number of carbonyl (C=O) groups excluding carboxylic acids is 1. The molecule has 0 saturated carbocycles. The molecule has 0 aliphatic carbocycles. The lowest BCUT2D eigenvalue weighted by Crippen LogP contribution is -2.30. The molecule has 0 fully saturated rings. The highest BCUT2D eigenvalue weighted by molar-refractivity contribution is 5.92. The van der Waals surface area contributed by atoms with Crippen molar-refractivity contribution >= 4 is 11.9 Å². The Hall–Kier alpha value is -3.22. The molecule has 3 rings (SSSR count). The Morgan fingerprint density at radius 3 is 2.80 bits per heavy atom. The van der Waals surface area contributed by atoms with Gasteiger partial charge >= 0.3 is 0 Å². The molecular weight excluding hydrogens is 325 g/mol. The molecule has 1 N–H and O–H groups in total. The molecule has 2 aromatic carbocycles. The maximum absolute atomic E-state index is 13.6. The van der Waals surface area contributed by atoms with Crippen LogP contribution in [0.2, 0.25) is 0 Å². The highest BCUT2D eigenvalue weighted by Gasteiger charge is 2.19. The zero-order chi connectivity index (χ0) is 17.8. The molecule has 1 heterocycles. The van der Waals surface area contributed by atoms with Crippen molar-refractivity contribution in [1.29, 1.82) is 0 Å². The lowest BCUT2D eigenvalue weighted by Gasteiger charge is -2.13. The van der Waals surface area contributed by atoms with Crippen molar-refractivity contribution in [2.24, 2.45) is 0 Å². The molecule has 1 amide bonds. The van der Waals surface area contributed by atoms with Gasteiger partial charge in [0.05, 0.1) is 0 Å². The highest BCUT2D eigenvalue weighted by Crippen LogP contribution is 2.20. The molecule has 0 aliphatic heterocycles. The quantitative estimate of drug-likeness (QED) is 0.767. The number of rotatable bonds is 5. The van der Waals surface area contributed by atoms with Crippen LogP contribution in [0.15, 0.2) is 53.1 Å². The van der Waals surface area contributed by atoms with Gasteiger partial charge in [0.1, 0.15) is 0 Å². The predicted molar refractivity (Wildman–Crippen MR) is 89.6 cm³/mol. The van der Waals surface area contributed by atoms with Crippen molar-refractivity contribution in [2.75, 3.05) is 5.32 Å². The Morgan fingerprint density at radius 2 is 2.04 bits per heavy atom. The number of nitrogens with one attached hydrogen (secondary N) is 1. The number of benzene rings is 2. The van der Waals surface area contributed by atoms with E-state index in [4.69, 9.17) is 9.26 Å². The molecule has 7 heteroatoms. The third-order valence-corrected chi connectivity index (χ3v) is 3.44. The van der Waals surface area contributed by atoms with Crippen LogP contribution in [0.5, 0.6) is 5.75 Å². The maximum Gasteiger partial charge on any atom is 0.270 e. The number of carbonyl (C=O) groups is 1.